The van der Waals surface area contributed by atoms with E-state index in [1.165, 1.54) is 0 Å². The number of aliphatic hydroxyl groups is 1. The Balaban J connectivity index is 3.06. The lowest BCUT2D eigenvalue weighted by atomic mass is 10.0. The summed E-state index contributed by atoms with van der Waals surface area (Å²) in [5.41, 5.74) is 0. The second-order valence-electron chi connectivity index (χ2n) is 8.38. The van der Waals surface area contributed by atoms with Crippen LogP contribution in [0.25, 0.3) is 0 Å². The number of aliphatic hydroxyl groups excluding tert-OH is 1. The van der Waals surface area contributed by atoms with Gasteiger partial charge in [-0.25, -0.2) is 9.98 Å². The number of hydrogen-bond acceptors (Lipinski definition) is 5. The molecule has 1 N–H and O–H groups in total. The first kappa shape index (κ1) is 20.2. The summed E-state index contributed by atoms with van der Waals surface area (Å²) in [6.45, 7) is 15.5. The van der Waals surface area contributed by atoms with Crippen LogP contribution in [0.5, 0.6) is 0 Å². The molecule has 0 unspecified atom stereocenters. The number of rotatable bonds is 4. The van der Waals surface area contributed by atoms with Gasteiger partial charge in [0.15, 0.2) is 6.04 Å². The second kappa shape index (κ2) is 7.34. The maximum Gasteiger partial charge on any atom is 0.212 e. The van der Waals surface area contributed by atoms with Gasteiger partial charge in [0.2, 0.25) is 11.8 Å². The van der Waals surface area contributed by atoms with E-state index in [0.717, 1.165) is 6.04 Å². The fraction of sp³-hybridized carbons (Fsp3) is 0.882. The van der Waals surface area contributed by atoms with E-state index in [-0.39, 0.29) is 17.0 Å². The van der Waals surface area contributed by atoms with Gasteiger partial charge in [-0.3, -0.25) is 0 Å². The number of aliphatic imine (C=N–C) groups is 2. The highest BCUT2D eigenvalue weighted by Gasteiger charge is 2.41. The van der Waals surface area contributed by atoms with Gasteiger partial charge in [-0.05, 0) is 17.0 Å². The van der Waals surface area contributed by atoms with Crippen LogP contribution in [0.15, 0.2) is 9.98 Å². The molecule has 3 atom stereocenters. The Morgan fingerprint density at radius 2 is 1.48 bits per heavy atom. The molecular weight excluding hydrogens is 308 g/mol. The van der Waals surface area contributed by atoms with Gasteiger partial charge in [-0.2, -0.15) is 0 Å². The van der Waals surface area contributed by atoms with Crippen LogP contribution in [0.3, 0.4) is 0 Å². The molecule has 0 aromatic heterocycles. The van der Waals surface area contributed by atoms with Crippen molar-refractivity contribution < 1.29 is 14.6 Å². The van der Waals surface area contributed by atoms with Crippen molar-refractivity contribution in [3.05, 3.63) is 0 Å². The number of ether oxygens (including phenoxy) is 2. The van der Waals surface area contributed by atoms with Crippen LogP contribution in [0.4, 0.5) is 0 Å². The van der Waals surface area contributed by atoms with E-state index in [2.05, 4.69) is 57.7 Å². The summed E-state index contributed by atoms with van der Waals surface area (Å²) in [5.74, 6) is 1.35. The molecule has 5 nitrogen and oxygen atoms in total. The average molecular weight is 343 g/mol. The molecular formula is C17H34N2O3Si. The topological polar surface area (TPSA) is 63.4 Å². The molecule has 0 saturated heterocycles. The van der Waals surface area contributed by atoms with Gasteiger partial charge in [-0.1, -0.05) is 47.7 Å². The van der Waals surface area contributed by atoms with E-state index in [9.17, 15) is 5.11 Å². The molecule has 0 saturated carbocycles. The third-order valence-electron chi connectivity index (χ3n) is 5.20. The van der Waals surface area contributed by atoms with E-state index < -0.39 is 20.2 Å². The van der Waals surface area contributed by atoms with Crippen LogP contribution in [-0.4, -0.2) is 57.4 Å². The number of hydrogen-bond donors (Lipinski definition) is 1. The lowest BCUT2D eigenvalue weighted by Crippen LogP contribution is -2.47. The second-order valence-corrected chi connectivity index (χ2v) is 14.1. The summed E-state index contributed by atoms with van der Waals surface area (Å²) in [4.78, 5) is 9.27. The lowest BCUT2D eigenvalue weighted by Gasteiger charge is -2.40. The van der Waals surface area contributed by atoms with Crippen molar-refractivity contribution >= 4 is 19.9 Å². The minimum Gasteiger partial charge on any atom is -0.483 e. The number of methoxy groups -OCH3 is 2. The van der Waals surface area contributed by atoms with E-state index in [0.29, 0.717) is 11.8 Å². The van der Waals surface area contributed by atoms with Crippen molar-refractivity contribution in [2.45, 2.75) is 77.0 Å². The normalized spacial score (nSPS) is 24.1. The fourth-order valence-corrected chi connectivity index (χ4v) is 4.39. The molecule has 23 heavy (non-hydrogen) atoms. The van der Waals surface area contributed by atoms with Crippen molar-refractivity contribution in [3.63, 3.8) is 0 Å². The highest BCUT2D eigenvalue weighted by Crippen LogP contribution is 2.40. The highest BCUT2D eigenvalue weighted by molar-refractivity contribution is 6.80. The van der Waals surface area contributed by atoms with Crippen molar-refractivity contribution in [2.75, 3.05) is 14.2 Å². The largest absolute Gasteiger partial charge is 0.483 e. The predicted molar refractivity (Wildman–Crippen MR) is 99.3 cm³/mol. The van der Waals surface area contributed by atoms with Crippen molar-refractivity contribution in [1.29, 1.82) is 0 Å². The Morgan fingerprint density at radius 3 is 1.87 bits per heavy atom. The molecule has 0 aliphatic carbocycles. The Hall–Kier alpha value is -0.883. The highest BCUT2D eigenvalue weighted by atomic mass is 28.3. The van der Waals surface area contributed by atoms with Crippen LogP contribution >= 0.6 is 0 Å². The molecule has 0 aromatic carbocycles. The molecule has 134 valence electrons. The van der Waals surface area contributed by atoms with Crippen molar-refractivity contribution in [3.8, 4) is 0 Å². The van der Waals surface area contributed by atoms with Crippen LogP contribution < -0.4 is 0 Å². The summed E-state index contributed by atoms with van der Waals surface area (Å²) < 4.78 is 10.9. The van der Waals surface area contributed by atoms with Crippen LogP contribution in [0.1, 0.15) is 34.6 Å². The summed E-state index contributed by atoms with van der Waals surface area (Å²) in [5, 5.41) is 11.0. The Bertz CT molecular complexity index is 467. The van der Waals surface area contributed by atoms with Crippen molar-refractivity contribution in [1.82, 2.24) is 0 Å². The Kier molecular flexibility index (Phi) is 6.44. The Labute approximate surface area is 142 Å². The van der Waals surface area contributed by atoms with Crippen LogP contribution in [0.2, 0.25) is 24.2 Å². The van der Waals surface area contributed by atoms with Gasteiger partial charge in [0, 0.05) is 0 Å². The maximum atomic E-state index is 10.8. The van der Waals surface area contributed by atoms with Gasteiger partial charge in [0.05, 0.1) is 28.4 Å². The first-order chi connectivity index (χ1) is 10.4. The quantitative estimate of drug-likeness (QED) is 0.797. The van der Waals surface area contributed by atoms with E-state index in [4.69, 9.17) is 9.47 Å². The molecule has 1 heterocycles. The monoisotopic (exact) mass is 342 g/mol. The van der Waals surface area contributed by atoms with Gasteiger partial charge in [-0.15, -0.1) is 0 Å². The molecule has 1 aliphatic rings. The molecule has 0 bridgehead atoms. The summed E-state index contributed by atoms with van der Waals surface area (Å²) >= 11 is 0. The fourth-order valence-electron chi connectivity index (χ4n) is 2.51. The van der Waals surface area contributed by atoms with E-state index in [1.807, 2.05) is 0 Å². The standard InChI is InChI=1S/C17H34N2O3Si/c1-11(2)13-15(21-6)19-14(16(18-13)22-7)12(20)10-23(8,9)17(3,4)5/h11-14,20H,10H2,1-9H3/t12-,13-,14+/m0/s1. The zero-order valence-corrected chi connectivity index (χ0v) is 17.2. The minimum atomic E-state index is -1.64. The zero-order valence-electron chi connectivity index (χ0n) is 16.2. The SMILES string of the molecule is COC1=N[C@H]([C@@H](O)C[Si](C)(C)C(C)(C)C)C(OC)=N[C@H]1C(C)C. The summed E-state index contributed by atoms with van der Waals surface area (Å²) in [6.07, 6.45) is -0.604. The van der Waals surface area contributed by atoms with Crippen LogP contribution in [-0.2, 0) is 9.47 Å². The van der Waals surface area contributed by atoms with Gasteiger partial charge in [0.25, 0.3) is 0 Å². The third kappa shape index (κ3) is 4.56. The van der Waals surface area contributed by atoms with Crippen molar-refractivity contribution in [2.24, 2.45) is 15.9 Å². The molecule has 0 aromatic rings. The van der Waals surface area contributed by atoms with Gasteiger partial charge < -0.3 is 14.6 Å². The third-order valence-corrected chi connectivity index (χ3v) is 10.7. The average Bonchev–Trinajstić information content (AvgIpc) is 2.43. The molecule has 0 fully saturated rings. The first-order valence-corrected chi connectivity index (χ1v) is 11.6. The molecule has 0 amide bonds. The smallest absolute Gasteiger partial charge is 0.212 e. The van der Waals surface area contributed by atoms with Gasteiger partial charge >= 0.3 is 0 Å². The molecule has 0 radical (unpaired) electrons. The van der Waals surface area contributed by atoms with E-state index in [1.54, 1.807) is 14.2 Å². The molecule has 0 spiro atoms. The maximum absolute atomic E-state index is 10.8. The minimum absolute atomic E-state index is 0.147. The molecule has 6 heteroatoms. The van der Waals surface area contributed by atoms with Gasteiger partial charge in [0.1, 0.15) is 6.04 Å². The van der Waals surface area contributed by atoms with Crippen LogP contribution in [0, 0.1) is 5.92 Å². The first-order valence-electron chi connectivity index (χ1n) is 8.36. The Morgan fingerprint density at radius 1 is 1.04 bits per heavy atom. The summed E-state index contributed by atoms with van der Waals surface area (Å²) in [6, 6.07) is 0.126. The lowest BCUT2D eigenvalue weighted by molar-refractivity contribution is 0.168. The van der Waals surface area contributed by atoms with E-state index >= 15 is 0 Å². The zero-order chi connectivity index (χ0) is 18.0. The number of nitrogens with zero attached hydrogens (tertiary/aromatic N) is 2. The predicted octanol–water partition coefficient (Wildman–Crippen LogP) is 3.35. The molecule has 1 aliphatic heterocycles. The molecule has 1 rings (SSSR count). The summed E-state index contributed by atoms with van der Waals surface area (Å²) in [7, 11) is 1.57.